The lowest BCUT2D eigenvalue weighted by atomic mass is 9.96. The van der Waals surface area contributed by atoms with Crippen molar-refractivity contribution in [2.24, 2.45) is 4.99 Å². The van der Waals surface area contributed by atoms with Crippen molar-refractivity contribution in [3.63, 3.8) is 0 Å². The highest BCUT2D eigenvalue weighted by Crippen LogP contribution is 2.51. The van der Waals surface area contributed by atoms with Gasteiger partial charge in [0.2, 0.25) is 5.43 Å². The minimum absolute atomic E-state index is 0.0267. The summed E-state index contributed by atoms with van der Waals surface area (Å²) in [4.78, 5) is 58.3. The van der Waals surface area contributed by atoms with Crippen molar-refractivity contribution in [2.45, 2.75) is 55.9 Å². The zero-order valence-corrected chi connectivity index (χ0v) is 22.7. The van der Waals surface area contributed by atoms with Gasteiger partial charge in [0.25, 0.3) is 5.91 Å². The monoisotopic (exact) mass is 559 g/mol. The summed E-state index contributed by atoms with van der Waals surface area (Å²) in [6.07, 6.45) is 3.63. The molecule has 1 aromatic heterocycles. The molecule has 39 heavy (non-hydrogen) atoms. The number of carbonyl (C=O) groups is 3. The highest BCUT2D eigenvalue weighted by Gasteiger charge is 2.63. The van der Waals surface area contributed by atoms with Crippen molar-refractivity contribution in [1.82, 2.24) is 14.4 Å². The number of halogens is 1. The lowest BCUT2D eigenvalue weighted by Crippen LogP contribution is -2.65. The maximum absolute atomic E-state index is 15.2. The number of carbonyl (C=O) groups excluding carboxylic acids is 1. The second-order valence-electron chi connectivity index (χ2n) is 10.5. The van der Waals surface area contributed by atoms with E-state index in [9.17, 15) is 29.4 Å². The van der Waals surface area contributed by atoms with Gasteiger partial charge in [0, 0.05) is 49.1 Å². The number of hydrogen-bond acceptors (Lipinski definition) is 7. The quantitative estimate of drug-likeness (QED) is 0.309. The lowest BCUT2D eigenvalue weighted by molar-refractivity contribution is -0.158. The number of aliphatic imine (C=N–C) groups is 1. The second kappa shape index (κ2) is 9.85. The van der Waals surface area contributed by atoms with Crippen LogP contribution in [0, 0.1) is 5.82 Å². The Hall–Kier alpha value is -3.61. The largest absolute Gasteiger partial charge is 0.480 e. The molecule has 3 atom stereocenters. The van der Waals surface area contributed by atoms with Crippen LogP contribution in [0.25, 0.3) is 10.9 Å². The number of carboxylic acid groups (broad SMARTS) is 2. The third-order valence-corrected chi connectivity index (χ3v) is 9.19. The third-order valence-electron chi connectivity index (χ3n) is 7.63. The minimum Gasteiger partial charge on any atom is -0.480 e. The van der Waals surface area contributed by atoms with Gasteiger partial charge < -0.3 is 29.5 Å². The van der Waals surface area contributed by atoms with E-state index in [0.29, 0.717) is 50.3 Å². The van der Waals surface area contributed by atoms with Crippen molar-refractivity contribution in [2.75, 3.05) is 31.1 Å². The molecular weight excluding hydrogens is 529 g/mol. The number of β-lactam (4-membered cyclic amide) rings is 1. The van der Waals surface area contributed by atoms with Gasteiger partial charge in [-0.1, -0.05) is 0 Å². The van der Waals surface area contributed by atoms with Crippen LogP contribution < -0.4 is 10.3 Å². The van der Waals surface area contributed by atoms with Crippen LogP contribution in [0.3, 0.4) is 0 Å². The number of pyridine rings is 1. The van der Waals surface area contributed by atoms with Gasteiger partial charge in [-0.15, -0.1) is 11.8 Å². The molecule has 2 N–H and O–H groups in total. The number of amides is 1. The molecule has 0 radical (unpaired) electrons. The average molecular weight is 560 g/mol. The number of thioether (sulfide) groups is 1. The Bertz CT molecular complexity index is 1460. The molecule has 2 aromatic rings. The Kier molecular flexibility index (Phi) is 6.81. The molecule has 1 aromatic carbocycles. The number of fused-ring (bicyclic) bond motifs is 2. The molecule has 5 rings (SSSR count). The second-order valence-corrected chi connectivity index (χ2v) is 12.2. The van der Waals surface area contributed by atoms with Crippen LogP contribution in [0.2, 0.25) is 0 Å². The first-order valence-corrected chi connectivity index (χ1v) is 13.7. The van der Waals surface area contributed by atoms with Gasteiger partial charge in [0.1, 0.15) is 22.8 Å². The van der Waals surface area contributed by atoms with E-state index in [4.69, 9.17) is 0 Å². The molecule has 3 unspecified atom stereocenters. The Morgan fingerprint density at radius 1 is 1.18 bits per heavy atom. The van der Waals surface area contributed by atoms with E-state index in [1.54, 1.807) is 17.0 Å². The number of nitrogens with zero attached hydrogens (tertiary/aromatic N) is 5. The summed E-state index contributed by atoms with van der Waals surface area (Å²) in [5.41, 5.74) is -0.308. The van der Waals surface area contributed by atoms with Gasteiger partial charge in [0.15, 0.2) is 6.04 Å². The molecule has 3 aliphatic rings. The van der Waals surface area contributed by atoms with Crippen molar-refractivity contribution < 1.29 is 29.0 Å². The molecule has 13 heteroatoms. The van der Waals surface area contributed by atoms with Gasteiger partial charge >= 0.3 is 11.9 Å². The van der Waals surface area contributed by atoms with Gasteiger partial charge in [-0.25, -0.2) is 14.0 Å². The van der Waals surface area contributed by atoms with Crippen molar-refractivity contribution in [3.05, 3.63) is 39.9 Å². The topological polar surface area (TPSA) is 136 Å². The average Bonchev–Trinajstić information content (AvgIpc) is 2.98. The molecule has 0 aliphatic carbocycles. The fourth-order valence-corrected chi connectivity index (χ4v) is 7.27. The Morgan fingerprint density at radius 2 is 1.92 bits per heavy atom. The van der Waals surface area contributed by atoms with Crippen LogP contribution in [0.5, 0.6) is 0 Å². The first-order chi connectivity index (χ1) is 18.4. The van der Waals surface area contributed by atoms with Gasteiger partial charge in [-0.05, 0) is 39.3 Å². The number of aromatic nitrogens is 1. The molecule has 1 amide bonds. The smallest absolute Gasteiger partial charge is 0.341 e. The molecule has 0 bridgehead atoms. The number of benzene rings is 1. The summed E-state index contributed by atoms with van der Waals surface area (Å²) in [7, 11) is 0. The van der Waals surface area contributed by atoms with Crippen molar-refractivity contribution in [3.8, 4) is 0 Å². The summed E-state index contributed by atoms with van der Waals surface area (Å²) in [5, 5.41) is 18.7. The van der Waals surface area contributed by atoms with E-state index in [2.05, 4.69) is 4.99 Å². The summed E-state index contributed by atoms with van der Waals surface area (Å²) >= 11 is 1.45. The molecule has 4 heterocycles. The fraction of sp³-hybridized carbons (Fsp3) is 0.500. The maximum Gasteiger partial charge on any atom is 0.341 e. The highest BCUT2D eigenvalue weighted by atomic mass is 32.2. The Labute approximate surface area is 227 Å². The number of aliphatic carboxylic acids is 1. The van der Waals surface area contributed by atoms with Crippen LogP contribution >= 0.6 is 11.8 Å². The number of carboxylic acids is 2. The van der Waals surface area contributed by atoms with E-state index in [1.807, 2.05) is 30.6 Å². The molecule has 0 spiro atoms. The van der Waals surface area contributed by atoms with E-state index in [-0.39, 0.29) is 16.7 Å². The fourth-order valence-electron chi connectivity index (χ4n) is 5.65. The number of aryl methyl sites for hydroxylation is 1. The van der Waals surface area contributed by atoms with E-state index in [0.717, 1.165) is 6.07 Å². The van der Waals surface area contributed by atoms with Crippen LogP contribution in [0.1, 0.15) is 37.6 Å². The predicted octanol–water partition coefficient (Wildman–Crippen LogP) is 1.91. The molecule has 3 aliphatic heterocycles. The molecule has 3 saturated heterocycles. The lowest BCUT2D eigenvalue weighted by Gasteiger charge is -2.41. The molecular formula is C26H30FN5O6S. The molecule has 208 valence electrons. The number of rotatable bonds is 6. The number of aromatic carboxylic acids is 1. The van der Waals surface area contributed by atoms with Gasteiger partial charge in [-0.2, -0.15) is 0 Å². The van der Waals surface area contributed by atoms with Crippen LogP contribution in [0.15, 0.2) is 28.1 Å². The normalized spacial score (nSPS) is 24.7. The van der Waals surface area contributed by atoms with E-state index in [1.165, 1.54) is 22.9 Å². The maximum atomic E-state index is 15.2. The van der Waals surface area contributed by atoms with Gasteiger partial charge in [-0.3, -0.25) is 14.6 Å². The number of anilines is 1. The molecule has 11 nitrogen and oxygen atoms in total. The van der Waals surface area contributed by atoms with Crippen LogP contribution in [-0.2, 0) is 16.1 Å². The third kappa shape index (κ3) is 4.52. The van der Waals surface area contributed by atoms with Crippen LogP contribution in [-0.4, -0.2) is 97.1 Å². The Morgan fingerprint density at radius 3 is 2.59 bits per heavy atom. The minimum atomic E-state index is -1.35. The van der Waals surface area contributed by atoms with E-state index < -0.39 is 45.6 Å². The van der Waals surface area contributed by atoms with Crippen molar-refractivity contribution >= 4 is 52.5 Å². The van der Waals surface area contributed by atoms with Crippen molar-refractivity contribution in [1.29, 1.82) is 0 Å². The summed E-state index contributed by atoms with van der Waals surface area (Å²) in [6, 6.07) is 1.21. The van der Waals surface area contributed by atoms with Gasteiger partial charge in [0.05, 0.1) is 17.5 Å². The summed E-state index contributed by atoms with van der Waals surface area (Å²) < 4.78 is 16.3. The SMILES string of the molecule is CCn1cc(C(=O)O)c(=O)c2cc(F)c(N3CCCN(C=NC4C(=O)N5C4SC(C)(C)C5C(=O)O)CC3)cc21. The zero-order chi connectivity index (χ0) is 28.2. The highest BCUT2D eigenvalue weighted by molar-refractivity contribution is 8.01. The summed E-state index contributed by atoms with van der Waals surface area (Å²) in [5.74, 6) is -3.25. The first-order valence-electron chi connectivity index (χ1n) is 12.8. The standard InChI is InChI=1S/C26H30FN5O6S/c1-4-30-12-15(24(35)36)20(33)14-10-16(27)18(11-17(14)30)31-7-5-6-29(8-9-31)13-28-19-22(34)32-21(25(37)38)26(2,3)39-23(19)32/h10-13,19,21,23H,4-9H2,1-3H3,(H,35,36)(H,37,38). The summed E-state index contributed by atoms with van der Waals surface area (Å²) in [6.45, 7) is 8.06. The molecule has 3 fully saturated rings. The molecule has 0 saturated carbocycles. The first kappa shape index (κ1) is 27.0. The van der Waals surface area contributed by atoms with E-state index >= 15 is 4.39 Å². The van der Waals surface area contributed by atoms with Crippen LogP contribution in [0.4, 0.5) is 10.1 Å². The Balaban J connectivity index is 1.32. The zero-order valence-electron chi connectivity index (χ0n) is 21.8. The predicted molar refractivity (Wildman–Crippen MR) is 145 cm³/mol. The number of hydrogen-bond donors (Lipinski definition) is 2.